The van der Waals surface area contributed by atoms with E-state index in [4.69, 9.17) is 15.2 Å². The van der Waals surface area contributed by atoms with Gasteiger partial charge in [0.15, 0.2) is 0 Å². The van der Waals surface area contributed by atoms with Crippen molar-refractivity contribution in [2.45, 2.75) is 26.3 Å². The van der Waals surface area contributed by atoms with E-state index in [1.807, 2.05) is 0 Å². The van der Waals surface area contributed by atoms with Crippen molar-refractivity contribution in [1.29, 1.82) is 0 Å². The summed E-state index contributed by atoms with van der Waals surface area (Å²) in [5.41, 5.74) is 5.05. The number of hydrogen-bond donors (Lipinski definition) is 1. The highest BCUT2D eigenvalue weighted by Crippen LogP contribution is 2.17. The number of hydrogen-bond acceptors (Lipinski definition) is 4. The van der Waals surface area contributed by atoms with Crippen molar-refractivity contribution >= 4 is 5.97 Å². The van der Waals surface area contributed by atoms with Crippen LogP contribution in [0.2, 0.25) is 0 Å². The van der Waals surface area contributed by atoms with Crippen molar-refractivity contribution in [2.75, 3.05) is 13.2 Å². The lowest BCUT2D eigenvalue weighted by Crippen LogP contribution is -2.51. The lowest BCUT2D eigenvalue weighted by Gasteiger charge is -2.22. The van der Waals surface area contributed by atoms with E-state index in [0.717, 1.165) is 0 Å². The first-order valence-corrected chi connectivity index (χ1v) is 5.72. The number of rotatable bonds is 5. The van der Waals surface area contributed by atoms with Gasteiger partial charge in [0.05, 0.1) is 6.61 Å². The largest absolute Gasteiger partial charge is 0.491 e. The van der Waals surface area contributed by atoms with Crippen LogP contribution < -0.4 is 10.5 Å². The molecule has 0 bridgehead atoms. The van der Waals surface area contributed by atoms with Gasteiger partial charge in [-0.1, -0.05) is 6.07 Å². The average Bonchev–Trinajstić information content (AvgIpc) is 2.31. The second kappa shape index (κ2) is 5.82. The van der Waals surface area contributed by atoms with E-state index in [1.54, 1.807) is 26.0 Å². The summed E-state index contributed by atoms with van der Waals surface area (Å²) in [6, 6.07) is 4.49. The minimum atomic E-state index is -1.25. The molecule has 0 radical (unpaired) electrons. The number of ether oxygens (including phenoxy) is 2. The summed E-state index contributed by atoms with van der Waals surface area (Å²) < 4.78 is 23.4. The molecular formula is C13H18FNO3. The van der Waals surface area contributed by atoms with Crippen LogP contribution in [-0.2, 0) is 9.53 Å². The minimum Gasteiger partial charge on any atom is -0.491 e. The molecule has 0 aliphatic rings. The molecule has 0 saturated heterocycles. The van der Waals surface area contributed by atoms with E-state index in [0.29, 0.717) is 11.3 Å². The maximum atomic E-state index is 13.3. The molecule has 0 aromatic heterocycles. The Morgan fingerprint density at radius 2 is 2.17 bits per heavy atom. The second-order valence-corrected chi connectivity index (χ2v) is 4.34. The summed E-state index contributed by atoms with van der Waals surface area (Å²) in [5.74, 6) is -0.570. The van der Waals surface area contributed by atoms with Crippen LogP contribution in [0.1, 0.15) is 19.4 Å². The van der Waals surface area contributed by atoms with Gasteiger partial charge in [-0.25, -0.2) is 9.18 Å². The number of carbonyl (C=O) groups is 1. The van der Waals surface area contributed by atoms with Gasteiger partial charge in [0, 0.05) is 6.07 Å². The van der Waals surface area contributed by atoms with E-state index >= 15 is 0 Å². The van der Waals surface area contributed by atoms with Crippen molar-refractivity contribution < 1.29 is 18.7 Å². The van der Waals surface area contributed by atoms with Gasteiger partial charge in [0.2, 0.25) is 0 Å². The van der Waals surface area contributed by atoms with Crippen LogP contribution >= 0.6 is 0 Å². The quantitative estimate of drug-likeness (QED) is 0.815. The van der Waals surface area contributed by atoms with Crippen molar-refractivity contribution in [3.05, 3.63) is 29.6 Å². The zero-order valence-corrected chi connectivity index (χ0v) is 10.8. The molecule has 100 valence electrons. The molecule has 0 aliphatic heterocycles. The Morgan fingerprint density at radius 3 is 2.72 bits per heavy atom. The summed E-state index contributed by atoms with van der Waals surface area (Å²) in [5, 5.41) is 0. The van der Waals surface area contributed by atoms with Crippen LogP contribution in [0.15, 0.2) is 18.2 Å². The fraction of sp³-hybridized carbons (Fsp3) is 0.462. The Labute approximate surface area is 106 Å². The Bertz CT molecular complexity index is 432. The van der Waals surface area contributed by atoms with E-state index < -0.39 is 11.5 Å². The maximum Gasteiger partial charge on any atom is 0.329 e. The topological polar surface area (TPSA) is 61.5 Å². The average molecular weight is 255 g/mol. The van der Waals surface area contributed by atoms with E-state index in [9.17, 15) is 9.18 Å². The molecule has 1 aromatic rings. The Morgan fingerprint density at radius 1 is 1.50 bits per heavy atom. The monoisotopic (exact) mass is 255 g/mol. The molecule has 1 atom stereocenters. The van der Waals surface area contributed by atoms with Crippen molar-refractivity contribution in [3.63, 3.8) is 0 Å². The van der Waals surface area contributed by atoms with E-state index in [1.165, 1.54) is 13.0 Å². The summed E-state index contributed by atoms with van der Waals surface area (Å²) >= 11 is 0. The molecule has 5 heteroatoms. The van der Waals surface area contributed by atoms with Crippen LogP contribution in [0.25, 0.3) is 0 Å². The lowest BCUT2D eigenvalue weighted by atomic mass is 10.1. The fourth-order valence-corrected chi connectivity index (χ4v) is 1.25. The first-order chi connectivity index (χ1) is 8.36. The summed E-state index contributed by atoms with van der Waals surface area (Å²) in [7, 11) is 0. The molecule has 4 nitrogen and oxygen atoms in total. The molecule has 18 heavy (non-hydrogen) atoms. The number of halogens is 1. The van der Waals surface area contributed by atoms with Gasteiger partial charge >= 0.3 is 5.97 Å². The summed E-state index contributed by atoms with van der Waals surface area (Å²) in [6.07, 6.45) is 0. The predicted octanol–water partition coefficient (Wildman–Crippen LogP) is 1.79. The third-order valence-corrected chi connectivity index (χ3v) is 2.42. The van der Waals surface area contributed by atoms with Crippen molar-refractivity contribution in [3.8, 4) is 5.75 Å². The number of esters is 1. The van der Waals surface area contributed by atoms with Crippen LogP contribution in [0.5, 0.6) is 5.75 Å². The molecule has 0 fully saturated rings. The number of nitrogens with two attached hydrogens (primary N) is 1. The highest BCUT2D eigenvalue weighted by molar-refractivity contribution is 5.80. The molecule has 1 aromatic carbocycles. The third-order valence-electron chi connectivity index (χ3n) is 2.42. The Kier molecular flexibility index (Phi) is 4.67. The molecule has 1 rings (SSSR count). The minimum absolute atomic E-state index is 0.0751. The van der Waals surface area contributed by atoms with Gasteiger partial charge < -0.3 is 15.2 Å². The summed E-state index contributed by atoms with van der Waals surface area (Å²) in [6.45, 7) is 5.05. The first-order valence-electron chi connectivity index (χ1n) is 5.72. The lowest BCUT2D eigenvalue weighted by molar-refractivity contribution is -0.150. The van der Waals surface area contributed by atoms with Crippen LogP contribution in [-0.4, -0.2) is 24.7 Å². The van der Waals surface area contributed by atoms with Crippen LogP contribution in [0, 0.1) is 12.7 Å². The first kappa shape index (κ1) is 14.4. The molecule has 0 saturated carbocycles. The van der Waals surface area contributed by atoms with Crippen LogP contribution in [0.3, 0.4) is 0 Å². The molecule has 0 amide bonds. The zero-order chi connectivity index (χ0) is 13.8. The van der Waals surface area contributed by atoms with Gasteiger partial charge in [0.25, 0.3) is 0 Å². The molecule has 1 unspecified atom stereocenters. The molecule has 2 N–H and O–H groups in total. The van der Waals surface area contributed by atoms with Gasteiger partial charge in [-0.3, -0.25) is 0 Å². The number of benzene rings is 1. The van der Waals surface area contributed by atoms with Crippen molar-refractivity contribution in [1.82, 2.24) is 0 Å². The summed E-state index contributed by atoms with van der Waals surface area (Å²) in [4.78, 5) is 11.5. The number of carbonyl (C=O) groups excluding carboxylic acids is 1. The Balaban J connectivity index is 2.63. The van der Waals surface area contributed by atoms with Crippen molar-refractivity contribution in [2.24, 2.45) is 5.73 Å². The normalized spacial score (nSPS) is 13.8. The van der Waals surface area contributed by atoms with Gasteiger partial charge in [0.1, 0.15) is 23.7 Å². The standard InChI is InChI=1S/C13H18FNO3/c1-4-17-12(16)13(3,15)8-18-10-6-5-9(2)11(14)7-10/h5-7H,4,8,15H2,1-3H3. The second-order valence-electron chi connectivity index (χ2n) is 4.34. The molecular weight excluding hydrogens is 237 g/mol. The zero-order valence-electron chi connectivity index (χ0n) is 10.8. The predicted molar refractivity (Wildman–Crippen MR) is 65.9 cm³/mol. The molecule has 0 aliphatic carbocycles. The van der Waals surface area contributed by atoms with E-state index in [-0.39, 0.29) is 19.0 Å². The van der Waals surface area contributed by atoms with Gasteiger partial charge in [-0.2, -0.15) is 0 Å². The fourth-order valence-electron chi connectivity index (χ4n) is 1.25. The maximum absolute atomic E-state index is 13.3. The van der Waals surface area contributed by atoms with Gasteiger partial charge in [-0.05, 0) is 32.4 Å². The molecule has 0 heterocycles. The number of aryl methyl sites for hydroxylation is 1. The smallest absolute Gasteiger partial charge is 0.329 e. The Hall–Kier alpha value is -1.62. The van der Waals surface area contributed by atoms with E-state index in [2.05, 4.69) is 0 Å². The third kappa shape index (κ3) is 3.70. The van der Waals surface area contributed by atoms with Gasteiger partial charge in [-0.15, -0.1) is 0 Å². The highest BCUT2D eigenvalue weighted by atomic mass is 19.1. The van der Waals surface area contributed by atoms with Crippen LogP contribution in [0.4, 0.5) is 4.39 Å². The highest BCUT2D eigenvalue weighted by Gasteiger charge is 2.31. The molecule has 0 spiro atoms. The SMILES string of the molecule is CCOC(=O)C(C)(N)COc1ccc(C)c(F)c1.